The molecule has 0 atom stereocenters. The Bertz CT molecular complexity index is 1890. The van der Waals surface area contributed by atoms with E-state index in [4.69, 9.17) is 37.3 Å². The molecular formula is C39H37Cl2FeN7O8. The Kier molecular flexibility index (Phi) is 21.9. The van der Waals surface area contributed by atoms with Gasteiger partial charge in [0, 0.05) is 56.1 Å². The summed E-state index contributed by atoms with van der Waals surface area (Å²) in [5.74, 6) is 0. The van der Waals surface area contributed by atoms with Crippen molar-refractivity contribution in [2.45, 2.75) is 32.7 Å². The molecule has 7 aromatic heterocycles. The van der Waals surface area contributed by atoms with Crippen LogP contribution in [0.15, 0.2) is 159 Å². The Morgan fingerprint density at radius 3 is 1.18 bits per heavy atom. The molecule has 0 radical (unpaired) electrons. The van der Waals surface area contributed by atoms with Crippen LogP contribution < -0.4 is 37.3 Å². The van der Waals surface area contributed by atoms with E-state index in [9.17, 15) is 0 Å². The molecule has 0 N–H and O–H groups in total. The molecule has 0 fully saturated rings. The van der Waals surface area contributed by atoms with Gasteiger partial charge in [-0.3, -0.25) is 29.9 Å². The van der Waals surface area contributed by atoms with Crippen LogP contribution in [0.5, 0.6) is 0 Å². The summed E-state index contributed by atoms with van der Waals surface area (Å²) in [5, 5.41) is 0. The molecule has 0 aliphatic rings. The molecule has 0 amide bonds. The van der Waals surface area contributed by atoms with Gasteiger partial charge in [-0.15, -0.1) is 20.5 Å². The maximum Gasteiger partial charge on any atom is 2.00 e. The van der Waals surface area contributed by atoms with E-state index in [0.717, 1.165) is 47.1 Å². The van der Waals surface area contributed by atoms with Crippen LogP contribution in [0.25, 0.3) is 34.2 Å². The van der Waals surface area contributed by atoms with Crippen LogP contribution in [0, 0.1) is 27.4 Å². The molecule has 7 aromatic rings. The first-order valence-corrected chi connectivity index (χ1v) is 19.1. The summed E-state index contributed by atoms with van der Waals surface area (Å²) in [7, 11) is -9.89. The van der Waals surface area contributed by atoms with Gasteiger partial charge in [-0.05, 0) is 122 Å². The van der Waals surface area contributed by atoms with Crippen LogP contribution in [0.3, 0.4) is 0 Å². The van der Waals surface area contributed by atoms with Gasteiger partial charge < -0.3 is 4.57 Å². The number of halogens is 2. The second-order valence-corrected chi connectivity index (χ2v) is 12.8. The summed E-state index contributed by atoms with van der Waals surface area (Å²) in [6.45, 7) is 3.17. The second kappa shape index (κ2) is 26.0. The standard InChI is InChI=1S/C19H21N3.2C10H8N2.2ClHO4.Fe/c1-16-7-9-20-18(14-16)19-15-17(8-10-21-19)6-2-3-11-22-12-4-5-13-22;2*1-3-7-11-9(5-1)10-6-2-4-8-12-10;2*2-1(3,4)5;/h4-5,7-10,12-15H,2-3,6,11H2,1H3;2*1-8H;2*(H,2,3,4,5);/q;;;;;+2/p-2. The van der Waals surface area contributed by atoms with Gasteiger partial charge in [-0.2, -0.15) is 0 Å². The Morgan fingerprint density at radius 2 is 0.807 bits per heavy atom. The van der Waals surface area contributed by atoms with Gasteiger partial charge in [-0.1, -0.05) is 24.3 Å². The second-order valence-electron chi connectivity index (χ2n) is 11.3. The first-order valence-electron chi connectivity index (χ1n) is 16.6. The van der Waals surface area contributed by atoms with Gasteiger partial charge in [0.2, 0.25) is 0 Å². The topological polar surface area (TPSA) is 267 Å². The van der Waals surface area contributed by atoms with Crippen LogP contribution in [0.4, 0.5) is 0 Å². The van der Waals surface area contributed by atoms with Crippen molar-refractivity contribution >= 4 is 0 Å². The molecule has 0 saturated carbocycles. The van der Waals surface area contributed by atoms with Crippen LogP contribution in [-0.4, -0.2) is 34.5 Å². The van der Waals surface area contributed by atoms with E-state index in [1.807, 2.05) is 91.3 Å². The fraction of sp³-hybridized carbons (Fsp3) is 0.128. The first kappa shape index (κ1) is 48.1. The molecule has 0 aliphatic heterocycles. The predicted molar refractivity (Wildman–Crippen MR) is 185 cm³/mol. The Morgan fingerprint density at radius 1 is 0.439 bits per heavy atom. The van der Waals surface area contributed by atoms with E-state index in [2.05, 4.69) is 84.1 Å². The van der Waals surface area contributed by atoms with Gasteiger partial charge >= 0.3 is 17.1 Å². The molecule has 0 unspecified atom stereocenters. The van der Waals surface area contributed by atoms with Crippen molar-refractivity contribution < 1.29 is 74.8 Å². The van der Waals surface area contributed by atoms with Crippen LogP contribution >= 0.6 is 0 Å². The zero-order valence-electron chi connectivity index (χ0n) is 30.3. The SMILES string of the molecule is Cc1ccnc(-c2cc(CCCCn3cccc3)ccn2)c1.[Fe+2].[O-][Cl+3]([O-])([O-])[O-].[O-][Cl+3]([O-])([O-])[O-].c1ccc(-c2ccccn2)nc1.c1ccc(-c2ccccn2)nc1. The fourth-order valence-electron chi connectivity index (χ4n) is 4.65. The van der Waals surface area contributed by atoms with E-state index in [1.54, 1.807) is 24.8 Å². The molecule has 0 aromatic carbocycles. The van der Waals surface area contributed by atoms with Crippen molar-refractivity contribution in [3.05, 3.63) is 170 Å². The minimum Gasteiger partial charge on any atom is -0.354 e. The average Bonchev–Trinajstić information content (AvgIpc) is 3.71. The Labute approximate surface area is 344 Å². The molecule has 0 bridgehead atoms. The van der Waals surface area contributed by atoms with E-state index >= 15 is 0 Å². The minimum atomic E-state index is -4.94. The Balaban J connectivity index is 0.000000274. The molecule has 7 heterocycles. The smallest absolute Gasteiger partial charge is 0.354 e. The summed E-state index contributed by atoms with van der Waals surface area (Å²) in [5.41, 5.74) is 8.12. The Hall–Kier alpha value is -5.04. The molecule has 0 saturated heterocycles. The van der Waals surface area contributed by atoms with Gasteiger partial charge in [0.15, 0.2) is 0 Å². The fourth-order valence-corrected chi connectivity index (χ4v) is 4.65. The summed E-state index contributed by atoms with van der Waals surface area (Å²) < 4.78 is 70.2. The zero-order valence-corrected chi connectivity index (χ0v) is 33.0. The van der Waals surface area contributed by atoms with Crippen molar-refractivity contribution in [2.75, 3.05) is 0 Å². The van der Waals surface area contributed by atoms with E-state index in [-0.39, 0.29) is 17.1 Å². The number of rotatable bonds is 8. The molecule has 0 spiro atoms. The van der Waals surface area contributed by atoms with Gasteiger partial charge in [0.05, 0.1) is 34.2 Å². The zero-order chi connectivity index (χ0) is 40.7. The van der Waals surface area contributed by atoms with Gasteiger partial charge in [0.25, 0.3) is 0 Å². The van der Waals surface area contributed by atoms with Gasteiger partial charge in [-0.25, -0.2) is 37.3 Å². The van der Waals surface area contributed by atoms with E-state index in [0.29, 0.717) is 0 Å². The number of hydrogen-bond donors (Lipinski definition) is 0. The normalized spacial score (nSPS) is 10.3. The predicted octanol–water partition coefficient (Wildman–Crippen LogP) is -0.951. The number of aryl methyl sites for hydroxylation is 3. The van der Waals surface area contributed by atoms with E-state index < -0.39 is 20.5 Å². The van der Waals surface area contributed by atoms with Gasteiger partial charge in [0.1, 0.15) is 0 Å². The minimum absolute atomic E-state index is 0. The summed E-state index contributed by atoms with van der Waals surface area (Å²) in [4.78, 5) is 25.6. The molecule has 7 rings (SSSR count). The number of hydrogen-bond acceptors (Lipinski definition) is 14. The molecule has 57 heavy (non-hydrogen) atoms. The number of nitrogens with zero attached hydrogens (tertiary/aromatic N) is 7. The maximum atomic E-state index is 8.49. The third kappa shape index (κ3) is 22.9. The molecule has 18 heteroatoms. The van der Waals surface area contributed by atoms with Crippen molar-refractivity contribution in [1.82, 2.24) is 34.5 Å². The van der Waals surface area contributed by atoms with Crippen molar-refractivity contribution in [2.24, 2.45) is 0 Å². The van der Waals surface area contributed by atoms with Crippen LogP contribution in [-0.2, 0) is 30.0 Å². The number of pyridine rings is 6. The maximum absolute atomic E-state index is 8.49. The first-order chi connectivity index (χ1) is 26.7. The third-order valence-electron chi connectivity index (χ3n) is 6.98. The third-order valence-corrected chi connectivity index (χ3v) is 6.98. The van der Waals surface area contributed by atoms with E-state index in [1.165, 1.54) is 24.0 Å². The van der Waals surface area contributed by atoms with Crippen LogP contribution in [0.1, 0.15) is 24.0 Å². The molecular weight excluding hydrogens is 821 g/mol. The summed E-state index contributed by atoms with van der Waals surface area (Å²) in [6.07, 6.45) is 18.5. The molecule has 0 aliphatic carbocycles. The van der Waals surface area contributed by atoms with Crippen molar-refractivity contribution in [1.29, 1.82) is 0 Å². The average molecular weight is 859 g/mol. The quantitative estimate of drug-likeness (QED) is 0.132. The monoisotopic (exact) mass is 857 g/mol. The molecule has 15 nitrogen and oxygen atoms in total. The molecule has 298 valence electrons. The summed E-state index contributed by atoms with van der Waals surface area (Å²) in [6, 6.07) is 35.7. The van der Waals surface area contributed by atoms with Crippen LogP contribution in [0.2, 0.25) is 0 Å². The summed E-state index contributed by atoms with van der Waals surface area (Å²) >= 11 is 0. The number of aromatic nitrogens is 7. The number of unbranched alkanes of at least 4 members (excludes halogenated alkanes) is 1. The van der Waals surface area contributed by atoms with Crippen molar-refractivity contribution in [3.8, 4) is 34.2 Å². The van der Waals surface area contributed by atoms with Crippen molar-refractivity contribution in [3.63, 3.8) is 0 Å². The largest absolute Gasteiger partial charge is 2.00 e.